The molecular weight excluding hydrogens is 484 g/mol. The second-order valence-electron chi connectivity index (χ2n) is 9.31. The Balaban J connectivity index is 1.23. The first kappa shape index (κ1) is 24.9. The number of piperazine rings is 1. The minimum Gasteiger partial charge on any atom is -0.457 e. The highest BCUT2D eigenvalue weighted by Gasteiger charge is 2.29. The van der Waals surface area contributed by atoms with E-state index in [0.717, 1.165) is 17.1 Å². The SMILES string of the molecule is Cc1cc(C)c(-c2ccc(N3CCN(S(=O)(=O)c4ccc(Oc5ccccc5)cc4)CC3)nn2)cc1C. The lowest BCUT2D eigenvalue weighted by molar-refractivity contribution is 0.383. The molecule has 4 aromatic rings. The first-order valence-electron chi connectivity index (χ1n) is 12.3. The van der Waals surface area contributed by atoms with Crippen molar-refractivity contribution in [2.24, 2.45) is 0 Å². The molecule has 1 fully saturated rings. The Kier molecular flexibility index (Phi) is 6.95. The Bertz CT molecular complexity index is 1480. The van der Waals surface area contributed by atoms with Gasteiger partial charge in [-0.3, -0.25) is 0 Å². The maximum absolute atomic E-state index is 13.2. The molecule has 2 heterocycles. The van der Waals surface area contributed by atoms with Crippen molar-refractivity contribution in [3.05, 3.63) is 95.6 Å². The van der Waals surface area contributed by atoms with Crippen LogP contribution in [0.15, 0.2) is 83.8 Å². The fraction of sp³-hybridized carbons (Fsp3) is 0.241. The van der Waals surface area contributed by atoms with Gasteiger partial charge < -0.3 is 9.64 Å². The first-order chi connectivity index (χ1) is 17.8. The average Bonchev–Trinajstić information content (AvgIpc) is 2.92. The molecule has 0 amide bonds. The van der Waals surface area contributed by atoms with Gasteiger partial charge in [-0.15, -0.1) is 10.2 Å². The van der Waals surface area contributed by atoms with Gasteiger partial charge >= 0.3 is 0 Å². The third-order valence-electron chi connectivity index (χ3n) is 6.77. The molecule has 0 N–H and O–H groups in total. The highest BCUT2D eigenvalue weighted by Crippen LogP contribution is 2.27. The molecule has 0 radical (unpaired) electrons. The number of aromatic nitrogens is 2. The van der Waals surface area contributed by atoms with Crippen LogP contribution in [-0.4, -0.2) is 49.1 Å². The van der Waals surface area contributed by atoms with Crippen molar-refractivity contribution in [2.45, 2.75) is 25.7 Å². The van der Waals surface area contributed by atoms with Gasteiger partial charge in [0.25, 0.3) is 0 Å². The van der Waals surface area contributed by atoms with Crippen LogP contribution in [0.2, 0.25) is 0 Å². The Labute approximate surface area is 218 Å². The largest absolute Gasteiger partial charge is 0.457 e. The zero-order valence-corrected chi connectivity index (χ0v) is 22.1. The van der Waals surface area contributed by atoms with Gasteiger partial charge in [-0.1, -0.05) is 24.3 Å². The monoisotopic (exact) mass is 514 g/mol. The minimum absolute atomic E-state index is 0.259. The van der Waals surface area contributed by atoms with Crippen LogP contribution in [0.25, 0.3) is 11.3 Å². The van der Waals surface area contributed by atoms with Crippen molar-refractivity contribution in [1.82, 2.24) is 14.5 Å². The molecule has 8 heteroatoms. The summed E-state index contributed by atoms with van der Waals surface area (Å²) in [6.07, 6.45) is 0. The maximum atomic E-state index is 13.2. The van der Waals surface area contributed by atoms with E-state index in [9.17, 15) is 8.42 Å². The van der Waals surface area contributed by atoms with E-state index in [1.165, 1.54) is 21.0 Å². The van der Waals surface area contributed by atoms with E-state index in [-0.39, 0.29) is 4.90 Å². The summed E-state index contributed by atoms with van der Waals surface area (Å²) in [6, 6.07) is 24.2. The van der Waals surface area contributed by atoms with Crippen molar-refractivity contribution in [3.63, 3.8) is 0 Å². The summed E-state index contributed by atoms with van der Waals surface area (Å²) < 4.78 is 33.8. The number of aryl methyl sites for hydroxylation is 3. The maximum Gasteiger partial charge on any atom is 0.243 e. The summed E-state index contributed by atoms with van der Waals surface area (Å²) >= 11 is 0. The van der Waals surface area contributed by atoms with E-state index < -0.39 is 10.0 Å². The van der Waals surface area contributed by atoms with Crippen LogP contribution in [-0.2, 0) is 10.0 Å². The third-order valence-corrected chi connectivity index (χ3v) is 8.68. The van der Waals surface area contributed by atoms with Gasteiger partial charge in [0.2, 0.25) is 10.0 Å². The predicted octanol–water partition coefficient (Wildman–Crippen LogP) is 5.37. The first-order valence-corrected chi connectivity index (χ1v) is 13.8. The summed E-state index contributed by atoms with van der Waals surface area (Å²) in [5.41, 5.74) is 5.57. The molecule has 1 aliphatic heterocycles. The highest BCUT2D eigenvalue weighted by atomic mass is 32.2. The highest BCUT2D eigenvalue weighted by molar-refractivity contribution is 7.89. The predicted molar refractivity (Wildman–Crippen MR) is 146 cm³/mol. The average molecular weight is 515 g/mol. The molecule has 5 rings (SSSR count). The Morgan fingerprint density at radius 2 is 1.35 bits per heavy atom. The van der Waals surface area contributed by atoms with Crippen molar-refractivity contribution in [1.29, 1.82) is 0 Å². The molecule has 1 saturated heterocycles. The molecule has 7 nitrogen and oxygen atoms in total. The van der Waals surface area contributed by atoms with Gasteiger partial charge in [-0.25, -0.2) is 8.42 Å². The van der Waals surface area contributed by atoms with Crippen molar-refractivity contribution < 1.29 is 13.2 Å². The smallest absolute Gasteiger partial charge is 0.243 e. The molecule has 1 aliphatic rings. The van der Waals surface area contributed by atoms with Crippen LogP contribution < -0.4 is 9.64 Å². The van der Waals surface area contributed by atoms with Gasteiger partial charge in [-0.2, -0.15) is 4.31 Å². The van der Waals surface area contributed by atoms with Crippen molar-refractivity contribution >= 4 is 15.8 Å². The zero-order valence-electron chi connectivity index (χ0n) is 21.3. The van der Waals surface area contributed by atoms with Crippen LogP contribution in [0, 0.1) is 20.8 Å². The Morgan fingerprint density at radius 1 is 0.703 bits per heavy atom. The number of rotatable bonds is 6. The number of nitrogens with zero attached hydrogens (tertiary/aromatic N) is 4. The van der Waals surface area contributed by atoms with Gasteiger partial charge in [-0.05, 0) is 92.1 Å². The van der Waals surface area contributed by atoms with Crippen molar-refractivity contribution in [3.8, 4) is 22.8 Å². The van der Waals surface area contributed by atoms with E-state index in [2.05, 4.69) is 48.0 Å². The van der Waals surface area contributed by atoms with Crippen LogP contribution in [0.5, 0.6) is 11.5 Å². The lowest BCUT2D eigenvalue weighted by atomic mass is 9.99. The molecule has 0 bridgehead atoms. The summed E-state index contributed by atoms with van der Waals surface area (Å²) in [5.74, 6) is 2.05. The van der Waals surface area contributed by atoms with Gasteiger partial charge in [0.15, 0.2) is 5.82 Å². The zero-order chi connectivity index (χ0) is 26.0. The Hall–Kier alpha value is -3.75. The summed E-state index contributed by atoms with van der Waals surface area (Å²) in [5, 5.41) is 8.93. The van der Waals surface area contributed by atoms with E-state index in [1.54, 1.807) is 24.3 Å². The van der Waals surface area contributed by atoms with Crippen LogP contribution >= 0.6 is 0 Å². The lowest BCUT2D eigenvalue weighted by Gasteiger charge is -2.34. The summed E-state index contributed by atoms with van der Waals surface area (Å²) in [6.45, 7) is 8.14. The number of hydrogen-bond acceptors (Lipinski definition) is 6. The van der Waals surface area contributed by atoms with Crippen LogP contribution in [0.4, 0.5) is 5.82 Å². The quantitative estimate of drug-likeness (QED) is 0.344. The summed E-state index contributed by atoms with van der Waals surface area (Å²) in [4.78, 5) is 2.33. The topological polar surface area (TPSA) is 75.6 Å². The van der Waals surface area contributed by atoms with Gasteiger partial charge in [0, 0.05) is 31.7 Å². The Morgan fingerprint density at radius 3 is 2.00 bits per heavy atom. The molecule has 0 spiro atoms. The normalized spacial score (nSPS) is 14.5. The molecule has 0 saturated carbocycles. The number of ether oxygens (including phenoxy) is 1. The lowest BCUT2D eigenvalue weighted by Crippen LogP contribution is -2.48. The minimum atomic E-state index is -3.60. The van der Waals surface area contributed by atoms with E-state index in [4.69, 9.17) is 4.74 Å². The second-order valence-corrected chi connectivity index (χ2v) is 11.2. The van der Waals surface area contributed by atoms with E-state index in [1.807, 2.05) is 42.5 Å². The van der Waals surface area contributed by atoms with E-state index >= 15 is 0 Å². The van der Waals surface area contributed by atoms with Gasteiger partial charge in [0.05, 0.1) is 10.6 Å². The molecule has 0 atom stereocenters. The molecule has 190 valence electrons. The molecule has 37 heavy (non-hydrogen) atoms. The van der Waals surface area contributed by atoms with Crippen LogP contribution in [0.1, 0.15) is 16.7 Å². The standard InChI is InChI=1S/C29H30N4O3S/c1-21-19-23(3)27(20-22(21)2)28-13-14-29(31-30-28)32-15-17-33(18-16-32)37(34,35)26-11-9-25(10-12-26)36-24-7-5-4-6-8-24/h4-14,19-20H,15-18H2,1-3H3. The second kappa shape index (κ2) is 10.3. The fourth-order valence-electron chi connectivity index (χ4n) is 4.48. The number of anilines is 1. The van der Waals surface area contributed by atoms with Crippen LogP contribution in [0.3, 0.4) is 0 Å². The molecule has 0 unspecified atom stereocenters. The molecule has 3 aromatic carbocycles. The third kappa shape index (κ3) is 5.35. The molecule has 1 aromatic heterocycles. The van der Waals surface area contributed by atoms with E-state index in [0.29, 0.717) is 37.7 Å². The number of para-hydroxylation sites is 1. The number of sulfonamides is 1. The van der Waals surface area contributed by atoms with Gasteiger partial charge in [0.1, 0.15) is 11.5 Å². The summed E-state index contributed by atoms with van der Waals surface area (Å²) in [7, 11) is -3.60. The molecular formula is C29H30N4O3S. The van der Waals surface area contributed by atoms with Crippen molar-refractivity contribution in [2.75, 3.05) is 31.1 Å². The fourth-order valence-corrected chi connectivity index (χ4v) is 5.91. The number of benzene rings is 3. The molecule has 0 aliphatic carbocycles. The number of hydrogen-bond donors (Lipinski definition) is 0.